The molecule has 0 heterocycles. The van der Waals surface area contributed by atoms with Crippen LogP contribution >= 0.6 is 9.24 Å². The predicted molar refractivity (Wildman–Crippen MR) is 30.9 cm³/mol. The zero-order chi connectivity index (χ0) is 4.83. The highest BCUT2D eigenvalue weighted by Gasteiger charge is 1.76. The number of aliphatic hydroxyl groups is 1. The van der Waals surface area contributed by atoms with Crippen LogP contribution in [0.5, 0.6) is 0 Å². The van der Waals surface area contributed by atoms with E-state index in [1.54, 1.807) is 0 Å². The number of aliphatic hydroxyl groups excluding tert-OH is 1. The Morgan fingerprint density at radius 1 is 1.33 bits per heavy atom. The van der Waals surface area contributed by atoms with Crippen molar-refractivity contribution < 1.29 is 5.11 Å². The first kappa shape index (κ1) is 6.39. The first-order valence-corrected chi connectivity index (χ1v) is 3.04. The second kappa shape index (κ2) is 5.39. The SMILES string of the molecule is OCCCCP. The second-order valence-corrected chi connectivity index (χ2v) is 1.80. The van der Waals surface area contributed by atoms with Gasteiger partial charge in [-0.25, -0.2) is 0 Å². The smallest absolute Gasteiger partial charge is 0.0431 e. The minimum Gasteiger partial charge on any atom is -0.396 e. The standard InChI is InChI=1S/C4H11OP/c5-3-1-2-4-6/h5H,1-4,6H2. The van der Waals surface area contributed by atoms with Gasteiger partial charge in [0, 0.05) is 6.61 Å². The lowest BCUT2D eigenvalue weighted by atomic mass is 10.4. The normalized spacial score (nSPS) is 9.00. The molecule has 2 heteroatoms. The van der Waals surface area contributed by atoms with E-state index in [2.05, 4.69) is 9.24 Å². The van der Waals surface area contributed by atoms with E-state index in [0.717, 1.165) is 19.0 Å². The molecule has 38 valence electrons. The van der Waals surface area contributed by atoms with Crippen LogP contribution in [0.25, 0.3) is 0 Å². The lowest BCUT2D eigenvalue weighted by Gasteiger charge is -1.85. The lowest BCUT2D eigenvalue weighted by Crippen LogP contribution is -1.80. The maximum Gasteiger partial charge on any atom is 0.0431 e. The molecule has 1 nitrogen and oxygen atoms in total. The van der Waals surface area contributed by atoms with Crippen molar-refractivity contribution >= 4 is 9.24 Å². The average molecular weight is 106 g/mol. The van der Waals surface area contributed by atoms with Crippen LogP contribution in [-0.4, -0.2) is 17.9 Å². The fraction of sp³-hybridized carbons (Fsp3) is 1.00. The van der Waals surface area contributed by atoms with E-state index in [1.807, 2.05) is 0 Å². The van der Waals surface area contributed by atoms with Crippen molar-refractivity contribution in [3.8, 4) is 0 Å². The van der Waals surface area contributed by atoms with E-state index in [-0.39, 0.29) is 0 Å². The van der Waals surface area contributed by atoms with Crippen LogP contribution in [0, 0.1) is 0 Å². The third kappa shape index (κ3) is 4.39. The van der Waals surface area contributed by atoms with Crippen molar-refractivity contribution in [2.24, 2.45) is 0 Å². The fourth-order valence-electron chi connectivity index (χ4n) is 0.256. The van der Waals surface area contributed by atoms with Gasteiger partial charge in [0.25, 0.3) is 0 Å². The minimum absolute atomic E-state index is 0.342. The molecule has 0 aliphatic rings. The summed E-state index contributed by atoms with van der Waals surface area (Å²) in [5, 5.41) is 8.19. The van der Waals surface area contributed by atoms with E-state index >= 15 is 0 Å². The lowest BCUT2D eigenvalue weighted by molar-refractivity contribution is 0.287. The van der Waals surface area contributed by atoms with Gasteiger partial charge >= 0.3 is 0 Å². The third-order valence-electron chi connectivity index (χ3n) is 0.612. The van der Waals surface area contributed by atoms with Gasteiger partial charge < -0.3 is 5.11 Å². The first-order valence-electron chi connectivity index (χ1n) is 2.22. The Balaban J connectivity index is 2.34. The minimum atomic E-state index is 0.342. The van der Waals surface area contributed by atoms with Gasteiger partial charge in [-0.15, -0.1) is 9.24 Å². The number of hydrogen-bond acceptors (Lipinski definition) is 1. The molecule has 1 atom stereocenters. The average Bonchev–Trinajstić information content (AvgIpc) is 1.61. The Kier molecular flexibility index (Phi) is 5.74. The molecule has 0 aliphatic heterocycles. The maximum atomic E-state index is 8.19. The van der Waals surface area contributed by atoms with Crippen molar-refractivity contribution in [3.05, 3.63) is 0 Å². The summed E-state index contributed by atoms with van der Waals surface area (Å²) in [6.45, 7) is 0.342. The molecule has 0 saturated heterocycles. The van der Waals surface area contributed by atoms with Crippen molar-refractivity contribution in [2.45, 2.75) is 12.8 Å². The Hall–Kier alpha value is 0.390. The van der Waals surface area contributed by atoms with E-state index in [4.69, 9.17) is 5.11 Å². The van der Waals surface area contributed by atoms with Crippen LogP contribution < -0.4 is 0 Å². The van der Waals surface area contributed by atoms with Gasteiger partial charge in [0.05, 0.1) is 0 Å². The Labute approximate surface area is 41.0 Å². The highest BCUT2D eigenvalue weighted by molar-refractivity contribution is 7.16. The summed E-state index contributed by atoms with van der Waals surface area (Å²) in [7, 11) is 2.62. The Morgan fingerprint density at radius 3 is 2.17 bits per heavy atom. The molecule has 0 rings (SSSR count). The summed E-state index contributed by atoms with van der Waals surface area (Å²) < 4.78 is 0. The first-order chi connectivity index (χ1) is 2.91. The zero-order valence-electron chi connectivity index (χ0n) is 3.85. The van der Waals surface area contributed by atoms with Gasteiger partial charge in [-0.3, -0.25) is 0 Å². The molecule has 0 aromatic carbocycles. The van der Waals surface area contributed by atoms with Crippen LogP contribution in [0.1, 0.15) is 12.8 Å². The van der Waals surface area contributed by atoms with Gasteiger partial charge in [0.2, 0.25) is 0 Å². The van der Waals surface area contributed by atoms with Crippen molar-refractivity contribution in [1.29, 1.82) is 0 Å². The van der Waals surface area contributed by atoms with Gasteiger partial charge in [-0.05, 0) is 19.0 Å². The van der Waals surface area contributed by atoms with E-state index in [1.165, 1.54) is 0 Å². The molecule has 0 fully saturated rings. The molecule has 0 aromatic heterocycles. The highest BCUT2D eigenvalue weighted by atomic mass is 31.0. The summed E-state index contributed by atoms with van der Waals surface area (Å²) >= 11 is 0. The Morgan fingerprint density at radius 2 is 2.00 bits per heavy atom. The second-order valence-electron chi connectivity index (χ2n) is 1.22. The van der Waals surface area contributed by atoms with Crippen LogP contribution in [0.4, 0.5) is 0 Å². The molecule has 0 aliphatic carbocycles. The monoisotopic (exact) mass is 106 g/mol. The molecule has 0 saturated carbocycles. The number of rotatable bonds is 3. The molecule has 0 amide bonds. The van der Waals surface area contributed by atoms with Crippen LogP contribution in [0.3, 0.4) is 0 Å². The van der Waals surface area contributed by atoms with Crippen LogP contribution in [0.15, 0.2) is 0 Å². The van der Waals surface area contributed by atoms with Gasteiger partial charge in [-0.2, -0.15) is 0 Å². The molecular weight excluding hydrogens is 95.0 g/mol. The quantitative estimate of drug-likeness (QED) is 0.413. The molecule has 1 unspecified atom stereocenters. The van der Waals surface area contributed by atoms with E-state index < -0.39 is 0 Å². The van der Waals surface area contributed by atoms with E-state index in [0.29, 0.717) is 6.61 Å². The number of unbranched alkanes of at least 4 members (excludes halogenated alkanes) is 1. The molecule has 6 heavy (non-hydrogen) atoms. The van der Waals surface area contributed by atoms with Crippen LogP contribution in [-0.2, 0) is 0 Å². The van der Waals surface area contributed by atoms with E-state index in [9.17, 15) is 0 Å². The predicted octanol–water partition coefficient (Wildman–Crippen LogP) is 0.634. The fourth-order valence-corrected chi connectivity index (χ4v) is 0.545. The summed E-state index contributed by atoms with van der Waals surface area (Å²) in [5.74, 6) is 0. The summed E-state index contributed by atoms with van der Waals surface area (Å²) in [6.07, 6.45) is 3.19. The molecule has 0 radical (unpaired) electrons. The van der Waals surface area contributed by atoms with Gasteiger partial charge in [-0.1, -0.05) is 0 Å². The highest BCUT2D eigenvalue weighted by Crippen LogP contribution is 1.90. The van der Waals surface area contributed by atoms with Crippen LogP contribution in [0.2, 0.25) is 0 Å². The third-order valence-corrected chi connectivity index (χ3v) is 1.02. The molecule has 1 N–H and O–H groups in total. The molecule has 0 aromatic rings. The van der Waals surface area contributed by atoms with Crippen molar-refractivity contribution in [3.63, 3.8) is 0 Å². The van der Waals surface area contributed by atoms with Crippen molar-refractivity contribution in [1.82, 2.24) is 0 Å². The summed E-state index contributed by atoms with van der Waals surface area (Å²) in [5.41, 5.74) is 0. The summed E-state index contributed by atoms with van der Waals surface area (Å²) in [6, 6.07) is 0. The summed E-state index contributed by atoms with van der Waals surface area (Å²) in [4.78, 5) is 0. The topological polar surface area (TPSA) is 20.2 Å². The number of hydrogen-bond donors (Lipinski definition) is 1. The molecule has 0 spiro atoms. The Bertz CT molecular complexity index is 19.5. The van der Waals surface area contributed by atoms with Gasteiger partial charge in [0.15, 0.2) is 0 Å². The molecule has 0 bridgehead atoms. The van der Waals surface area contributed by atoms with Gasteiger partial charge in [0.1, 0.15) is 0 Å². The maximum absolute atomic E-state index is 8.19. The zero-order valence-corrected chi connectivity index (χ0v) is 5.01. The van der Waals surface area contributed by atoms with Crippen molar-refractivity contribution in [2.75, 3.05) is 12.8 Å². The molecular formula is C4H11OP. The largest absolute Gasteiger partial charge is 0.396 e.